The molecule has 0 bridgehead atoms. The van der Waals surface area contributed by atoms with Gasteiger partial charge in [0.25, 0.3) is 5.91 Å². The predicted molar refractivity (Wildman–Crippen MR) is 109 cm³/mol. The second-order valence-corrected chi connectivity index (χ2v) is 9.98. The number of amides is 1. The van der Waals surface area contributed by atoms with Gasteiger partial charge in [0.1, 0.15) is 0 Å². The molecule has 2 fully saturated rings. The highest BCUT2D eigenvalue weighted by molar-refractivity contribution is 7.89. The number of aryl methyl sites for hydroxylation is 3. The molecule has 160 valence electrons. The van der Waals surface area contributed by atoms with Crippen LogP contribution in [0.2, 0.25) is 0 Å². The van der Waals surface area contributed by atoms with Crippen molar-refractivity contribution in [2.45, 2.75) is 51.3 Å². The van der Waals surface area contributed by atoms with Crippen molar-refractivity contribution in [1.82, 2.24) is 9.21 Å². The van der Waals surface area contributed by atoms with E-state index in [-0.39, 0.29) is 37.5 Å². The van der Waals surface area contributed by atoms with E-state index in [1.807, 2.05) is 32.9 Å². The molecule has 1 aliphatic heterocycles. The summed E-state index contributed by atoms with van der Waals surface area (Å²) in [5, 5.41) is 0. The molecule has 3 rings (SSSR count). The molecular weight excluding hydrogens is 392 g/mol. The molecule has 2 aliphatic rings. The molecule has 1 saturated heterocycles. The third-order valence-electron chi connectivity index (χ3n) is 5.82. The van der Waals surface area contributed by atoms with Crippen LogP contribution in [0.15, 0.2) is 17.0 Å². The summed E-state index contributed by atoms with van der Waals surface area (Å²) in [5.74, 6) is -0.635. The molecule has 1 aliphatic carbocycles. The van der Waals surface area contributed by atoms with Gasteiger partial charge in [-0.2, -0.15) is 4.31 Å². The average Bonchev–Trinajstić information content (AvgIpc) is 3.19. The van der Waals surface area contributed by atoms with E-state index in [9.17, 15) is 18.0 Å². The standard InChI is InChI=1S/C21H30N2O5S/c1-15-12-16(2)20(17(3)13-15)29(26,27)23-10-8-22(9-11-23)19(24)14-28-21(25)18-6-4-5-7-18/h12-13,18H,4-11,14H2,1-3H3. The zero-order valence-electron chi connectivity index (χ0n) is 17.4. The Bertz CT molecular complexity index is 859. The number of rotatable bonds is 5. The number of benzene rings is 1. The quantitative estimate of drug-likeness (QED) is 0.679. The fraction of sp³-hybridized carbons (Fsp3) is 0.619. The molecule has 1 amide bonds. The van der Waals surface area contributed by atoms with Gasteiger partial charge in [-0.15, -0.1) is 0 Å². The Labute approximate surface area is 173 Å². The Morgan fingerprint density at radius 1 is 1.00 bits per heavy atom. The normalized spacial score (nSPS) is 18.8. The summed E-state index contributed by atoms with van der Waals surface area (Å²) in [6.07, 6.45) is 3.73. The Morgan fingerprint density at radius 2 is 1.55 bits per heavy atom. The SMILES string of the molecule is Cc1cc(C)c(S(=O)(=O)N2CCN(C(=O)COC(=O)C3CCCC3)CC2)c(C)c1. The fourth-order valence-corrected chi connectivity index (χ4v) is 6.22. The van der Waals surface area contributed by atoms with Crippen LogP contribution in [0.1, 0.15) is 42.4 Å². The number of esters is 1. The van der Waals surface area contributed by atoms with Crippen molar-refractivity contribution >= 4 is 21.9 Å². The van der Waals surface area contributed by atoms with Crippen LogP contribution < -0.4 is 0 Å². The molecule has 1 aromatic carbocycles. The van der Waals surface area contributed by atoms with E-state index in [0.29, 0.717) is 18.0 Å². The number of hydrogen-bond donors (Lipinski definition) is 0. The Balaban J connectivity index is 1.57. The zero-order chi connectivity index (χ0) is 21.2. The summed E-state index contributed by atoms with van der Waals surface area (Å²) in [6, 6.07) is 3.75. The molecule has 1 aromatic rings. The second-order valence-electron chi connectivity index (χ2n) is 8.10. The maximum atomic E-state index is 13.1. The average molecular weight is 423 g/mol. The molecule has 0 aromatic heterocycles. The molecular formula is C21H30N2O5S. The molecule has 0 N–H and O–H groups in total. The number of hydrogen-bond acceptors (Lipinski definition) is 5. The van der Waals surface area contributed by atoms with Crippen molar-refractivity contribution < 1.29 is 22.7 Å². The maximum absolute atomic E-state index is 13.1. The summed E-state index contributed by atoms with van der Waals surface area (Å²) in [4.78, 5) is 26.3. The van der Waals surface area contributed by atoms with Gasteiger partial charge in [-0.3, -0.25) is 9.59 Å². The number of nitrogens with zero attached hydrogens (tertiary/aromatic N) is 2. The molecule has 8 heteroatoms. The molecule has 29 heavy (non-hydrogen) atoms. The van der Waals surface area contributed by atoms with Crippen LogP contribution in [0.5, 0.6) is 0 Å². The maximum Gasteiger partial charge on any atom is 0.309 e. The number of carbonyl (C=O) groups is 2. The van der Waals surface area contributed by atoms with Crippen molar-refractivity contribution in [2.75, 3.05) is 32.8 Å². The first-order valence-electron chi connectivity index (χ1n) is 10.2. The van der Waals surface area contributed by atoms with Gasteiger partial charge in [0.05, 0.1) is 10.8 Å². The minimum absolute atomic E-state index is 0.0780. The molecule has 0 atom stereocenters. The summed E-state index contributed by atoms with van der Waals surface area (Å²) in [6.45, 7) is 6.36. The minimum atomic E-state index is -3.62. The molecule has 0 unspecified atom stereocenters. The topological polar surface area (TPSA) is 84.0 Å². The van der Waals surface area contributed by atoms with Gasteiger partial charge < -0.3 is 9.64 Å². The van der Waals surface area contributed by atoms with E-state index in [0.717, 1.165) is 42.4 Å². The molecule has 7 nitrogen and oxygen atoms in total. The number of ether oxygens (including phenoxy) is 1. The van der Waals surface area contributed by atoms with Crippen LogP contribution >= 0.6 is 0 Å². The zero-order valence-corrected chi connectivity index (χ0v) is 18.3. The van der Waals surface area contributed by atoms with Crippen molar-refractivity contribution in [2.24, 2.45) is 5.92 Å². The predicted octanol–water partition coefficient (Wildman–Crippen LogP) is 2.18. The van der Waals surface area contributed by atoms with Gasteiger partial charge in [0, 0.05) is 26.2 Å². The van der Waals surface area contributed by atoms with Crippen LogP contribution in [0, 0.1) is 26.7 Å². The summed E-state index contributed by atoms with van der Waals surface area (Å²) < 4.78 is 32.9. The van der Waals surface area contributed by atoms with Crippen LogP contribution in [0.4, 0.5) is 0 Å². The van der Waals surface area contributed by atoms with E-state index in [1.165, 1.54) is 4.31 Å². The van der Waals surface area contributed by atoms with Crippen LogP contribution in [0.25, 0.3) is 0 Å². The third kappa shape index (κ3) is 4.80. The first kappa shape index (κ1) is 21.8. The smallest absolute Gasteiger partial charge is 0.309 e. The molecule has 1 saturated carbocycles. The Hall–Kier alpha value is -1.93. The lowest BCUT2D eigenvalue weighted by Gasteiger charge is -2.34. The lowest BCUT2D eigenvalue weighted by atomic mass is 10.1. The summed E-state index contributed by atoms with van der Waals surface area (Å²) in [5.41, 5.74) is 2.50. The third-order valence-corrected chi connectivity index (χ3v) is 8.03. The molecule has 0 radical (unpaired) electrons. The van der Waals surface area contributed by atoms with Crippen molar-refractivity contribution in [3.05, 3.63) is 28.8 Å². The highest BCUT2D eigenvalue weighted by atomic mass is 32.2. The number of piperazine rings is 1. The highest BCUT2D eigenvalue weighted by Gasteiger charge is 2.32. The lowest BCUT2D eigenvalue weighted by molar-refractivity contribution is -0.155. The summed E-state index contributed by atoms with van der Waals surface area (Å²) in [7, 11) is -3.62. The van der Waals surface area contributed by atoms with Crippen LogP contribution in [0.3, 0.4) is 0 Å². The van der Waals surface area contributed by atoms with Gasteiger partial charge >= 0.3 is 5.97 Å². The van der Waals surface area contributed by atoms with Crippen LogP contribution in [-0.2, 0) is 24.3 Å². The second kappa shape index (κ2) is 8.83. The van der Waals surface area contributed by atoms with E-state index in [1.54, 1.807) is 4.90 Å². The monoisotopic (exact) mass is 422 g/mol. The minimum Gasteiger partial charge on any atom is -0.455 e. The van der Waals surface area contributed by atoms with Gasteiger partial charge in [-0.25, -0.2) is 8.42 Å². The van der Waals surface area contributed by atoms with E-state index >= 15 is 0 Å². The fourth-order valence-electron chi connectivity index (χ4n) is 4.38. The van der Waals surface area contributed by atoms with Crippen molar-refractivity contribution in [3.63, 3.8) is 0 Å². The van der Waals surface area contributed by atoms with Crippen molar-refractivity contribution in [3.8, 4) is 0 Å². The Morgan fingerprint density at radius 3 is 2.10 bits per heavy atom. The largest absolute Gasteiger partial charge is 0.455 e. The van der Waals surface area contributed by atoms with E-state index < -0.39 is 10.0 Å². The van der Waals surface area contributed by atoms with Crippen molar-refractivity contribution in [1.29, 1.82) is 0 Å². The highest BCUT2D eigenvalue weighted by Crippen LogP contribution is 2.27. The molecule has 0 spiro atoms. The van der Waals surface area contributed by atoms with Crippen LogP contribution in [-0.4, -0.2) is 62.3 Å². The van der Waals surface area contributed by atoms with Gasteiger partial charge in [-0.05, 0) is 44.7 Å². The van der Waals surface area contributed by atoms with E-state index in [4.69, 9.17) is 4.74 Å². The first-order chi connectivity index (χ1) is 13.7. The van der Waals surface area contributed by atoms with Gasteiger partial charge in [0.2, 0.25) is 10.0 Å². The lowest BCUT2D eigenvalue weighted by Crippen LogP contribution is -2.51. The van der Waals surface area contributed by atoms with E-state index in [2.05, 4.69) is 0 Å². The first-order valence-corrected chi connectivity index (χ1v) is 11.7. The molecule has 1 heterocycles. The number of carbonyl (C=O) groups excluding carboxylic acids is 2. The Kier molecular flexibility index (Phi) is 6.63. The van der Waals surface area contributed by atoms with Gasteiger partial charge in [0.15, 0.2) is 6.61 Å². The number of sulfonamides is 1. The van der Waals surface area contributed by atoms with Gasteiger partial charge in [-0.1, -0.05) is 30.5 Å². The summed E-state index contributed by atoms with van der Waals surface area (Å²) >= 11 is 0.